The van der Waals surface area contributed by atoms with Gasteiger partial charge in [-0.2, -0.15) is 0 Å². The second kappa shape index (κ2) is 7.01. The highest BCUT2D eigenvalue weighted by Crippen LogP contribution is 2.27. The first kappa shape index (κ1) is 14.5. The summed E-state index contributed by atoms with van der Waals surface area (Å²) in [5.74, 6) is -0.216. The fourth-order valence-corrected chi connectivity index (χ4v) is 2.99. The lowest BCUT2D eigenvalue weighted by Crippen LogP contribution is -2.53. The monoisotopic (exact) mass is 269 g/mol. The zero-order valence-corrected chi connectivity index (χ0v) is 11.6. The second-order valence-electron chi connectivity index (χ2n) is 5.16. The van der Waals surface area contributed by atoms with Gasteiger partial charge in [-0.15, -0.1) is 0 Å². The highest BCUT2D eigenvalue weighted by Gasteiger charge is 2.40. The van der Waals surface area contributed by atoms with Crippen LogP contribution in [0.3, 0.4) is 0 Å². The summed E-state index contributed by atoms with van der Waals surface area (Å²) in [6.07, 6.45) is 3.38. The molecule has 0 spiro atoms. The maximum Gasteiger partial charge on any atom is 0.324 e. The lowest BCUT2D eigenvalue weighted by molar-refractivity contribution is -0.157. The summed E-state index contributed by atoms with van der Waals surface area (Å²) in [5, 5.41) is 0. The molecular weight excluding hydrogens is 246 g/mol. The van der Waals surface area contributed by atoms with Crippen LogP contribution >= 0.6 is 0 Å². The zero-order valence-electron chi connectivity index (χ0n) is 11.6. The molecule has 1 aliphatic carbocycles. The Bertz CT molecular complexity index is 325. The molecule has 5 nitrogen and oxygen atoms in total. The minimum absolute atomic E-state index is 0.189. The molecule has 1 saturated heterocycles. The van der Waals surface area contributed by atoms with Gasteiger partial charge in [0.05, 0.1) is 19.8 Å². The number of rotatable bonds is 4. The van der Waals surface area contributed by atoms with Crippen LogP contribution in [-0.4, -0.2) is 55.6 Å². The van der Waals surface area contributed by atoms with Crippen molar-refractivity contribution in [3.05, 3.63) is 0 Å². The Balaban J connectivity index is 2.11. The Kier molecular flexibility index (Phi) is 5.34. The number of hydrogen-bond donors (Lipinski definition) is 0. The number of ether oxygens (including phenoxy) is 2. The average molecular weight is 269 g/mol. The van der Waals surface area contributed by atoms with Gasteiger partial charge in [-0.25, -0.2) is 0 Å². The van der Waals surface area contributed by atoms with Crippen LogP contribution in [0.2, 0.25) is 0 Å². The molecule has 0 amide bonds. The topological polar surface area (TPSA) is 55.8 Å². The largest absolute Gasteiger partial charge is 0.465 e. The smallest absolute Gasteiger partial charge is 0.324 e. The number of ketones is 1. The molecule has 1 aliphatic heterocycles. The van der Waals surface area contributed by atoms with Gasteiger partial charge in [-0.1, -0.05) is 6.42 Å². The average Bonchev–Trinajstić information content (AvgIpc) is 2.43. The third kappa shape index (κ3) is 3.54. The summed E-state index contributed by atoms with van der Waals surface area (Å²) in [4.78, 5) is 26.4. The molecule has 2 aliphatic rings. The first-order valence-electron chi connectivity index (χ1n) is 7.25. The number of carbonyl (C=O) groups is 2. The molecule has 0 aromatic rings. The van der Waals surface area contributed by atoms with Crippen LogP contribution in [0.4, 0.5) is 0 Å². The number of carbonyl (C=O) groups excluding carboxylic acids is 2. The molecule has 0 N–H and O–H groups in total. The van der Waals surface area contributed by atoms with E-state index in [2.05, 4.69) is 4.90 Å². The van der Waals surface area contributed by atoms with Gasteiger partial charge in [-0.3, -0.25) is 14.5 Å². The van der Waals surface area contributed by atoms with Crippen LogP contribution in [0.25, 0.3) is 0 Å². The Morgan fingerprint density at radius 3 is 2.79 bits per heavy atom. The van der Waals surface area contributed by atoms with Crippen molar-refractivity contribution in [3.63, 3.8) is 0 Å². The van der Waals surface area contributed by atoms with Crippen molar-refractivity contribution in [1.82, 2.24) is 4.90 Å². The fourth-order valence-electron chi connectivity index (χ4n) is 2.99. The van der Waals surface area contributed by atoms with Gasteiger partial charge in [0.1, 0.15) is 11.8 Å². The SMILES string of the molecule is CCOC(=O)[C@@H]([C@@H]1CCCCC1=O)N1CCOCC1. The summed E-state index contributed by atoms with van der Waals surface area (Å²) in [6.45, 7) is 4.81. The minimum atomic E-state index is -0.406. The van der Waals surface area contributed by atoms with Gasteiger partial charge in [0, 0.05) is 25.4 Å². The Hall–Kier alpha value is -0.940. The van der Waals surface area contributed by atoms with Crippen molar-refractivity contribution in [2.24, 2.45) is 5.92 Å². The number of hydrogen-bond acceptors (Lipinski definition) is 5. The van der Waals surface area contributed by atoms with Crippen molar-refractivity contribution >= 4 is 11.8 Å². The molecule has 2 fully saturated rings. The molecule has 5 heteroatoms. The van der Waals surface area contributed by atoms with E-state index < -0.39 is 6.04 Å². The van der Waals surface area contributed by atoms with E-state index in [-0.39, 0.29) is 17.7 Å². The third-order valence-electron chi connectivity index (χ3n) is 3.95. The summed E-state index contributed by atoms with van der Waals surface area (Å²) >= 11 is 0. The molecule has 108 valence electrons. The summed E-state index contributed by atoms with van der Waals surface area (Å²) in [7, 11) is 0. The Morgan fingerprint density at radius 1 is 1.42 bits per heavy atom. The predicted octanol–water partition coefficient (Wildman–Crippen LogP) is 1.01. The third-order valence-corrected chi connectivity index (χ3v) is 3.95. The standard InChI is InChI=1S/C14H23NO4/c1-2-19-14(17)13(15-7-9-18-10-8-15)11-5-3-4-6-12(11)16/h11,13H,2-10H2,1H3/t11-,13-/m1/s1. The van der Waals surface area contributed by atoms with E-state index in [1.54, 1.807) is 6.92 Å². The number of nitrogens with zero attached hydrogens (tertiary/aromatic N) is 1. The van der Waals surface area contributed by atoms with E-state index in [9.17, 15) is 9.59 Å². The van der Waals surface area contributed by atoms with Crippen LogP contribution in [0, 0.1) is 5.92 Å². The molecule has 2 rings (SSSR count). The predicted molar refractivity (Wildman–Crippen MR) is 69.8 cm³/mol. The van der Waals surface area contributed by atoms with Crippen molar-refractivity contribution in [2.45, 2.75) is 38.6 Å². The lowest BCUT2D eigenvalue weighted by Gasteiger charge is -2.38. The fraction of sp³-hybridized carbons (Fsp3) is 0.857. The summed E-state index contributed by atoms with van der Waals surface area (Å²) in [5.41, 5.74) is 0. The van der Waals surface area contributed by atoms with E-state index in [1.807, 2.05) is 0 Å². The molecule has 19 heavy (non-hydrogen) atoms. The van der Waals surface area contributed by atoms with Gasteiger partial charge in [0.2, 0.25) is 0 Å². The molecule has 0 aromatic heterocycles. The molecule has 1 saturated carbocycles. The van der Waals surface area contributed by atoms with Crippen LogP contribution in [0.1, 0.15) is 32.6 Å². The van der Waals surface area contributed by atoms with Crippen LogP contribution in [-0.2, 0) is 19.1 Å². The molecule has 0 unspecified atom stereocenters. The van der Waals surface area contributed by atoms with Crippen molar-refractivity contribution in [3.8, 4) is 0 Å². The molecule has 1 heterocycles. The van der Waals surface area contributed by atoms with Crippen LogP contribution < -0.4 is 0 Å². The molecular formula is C14H23NO4. The maximum atomic E-state index is 12.2. The number of Topliss-reactive ketones (excluding diaryl/α,β-unsaturated/α-hetero) is 1. The Morgan fingerprint density at radius 2 is 2.16 bits per heavy atom. The highest BCUT2D eigenvalue weighted by molar-refractivity contribution is 5.89. The quantitative estimate of drug-likeness (QED) is 0.713. The first-order chi connectivity index (χ1) is 9.24. The summed E-state index contributed by atoms with van der Waals surface area (Å²) in [6, 6.07) is -0.406. The van der Waals surface area contributed by atoms with E-state index in [1.165, 1.54) is 0 Å². The van der Waals surface area contributed by atoms with Crippen molar-refractivity contribution in [1.29, 1.82) is 0 Å². The van der Waals surface area contributed by atoms with Gasteiger partial charge < -0.3 is 9.47 Å². The second-order valence-corrected chi connectivity index (χ2v) is 5.16. The number of morpholine rings is 1. The maximum absolute atomic E-state index is 12.2. The van der Waals surface area contributed by atoms with Crippen molar-refractivity contribution in [2.75, 3.05) is 32.9 Å². The Labute approximate surface area is 114 Å². The van der Waals surface area contributed by atoms with Crippen LogP contribution in [0.5, 0.6) is 0 Å². The minimum Gasteiger partial charge on any atom is -0.465 e. The molecule has 0 radical (unpaired) electrons. The summed E-state index contributed by atoms with van der Waals surface area (Å²) < 4.78 is 10.5. The molecule has 0 aromatic carbocycles. The molecule has 0 bridgehead atoms. The van der Waals surface area contributed by atoms with E-state index in [0.29, 0.717) is 39.3 Å². The zero-order chi connectivity index (χ0) is 13.7. The normalized spacial score (nSPS) is 27.0. The van der Waals surface area contributed by atoms with Crippen LogP contribution in [0.15, 0.2) is 0 Å². The van der Waals surface area contributed by atoms with E-state index >= 15 is 0 Å². The van der Waals surface area contributed by atoms with Gasteiger partial charge in [-0.05, 0) is 19.8 Å². The van der Waals surface area contributed by atoms with Gasteiger partial charge in [0.25, 0.3) is 0 Å². The van der Waals surface area contributed by atoms with Gasteiger partial charge >= 0.3 is 5.97 Å². The van der Waals surface area contributed by atoms with Crippen molar-refractivity contribution < 1.29 is 19.1 Å². The molecule has 2 atom stereocenters. The highest BCUT2D eigenvalue weighted by atomic mass is 16.5. The van der Waals surface area contributed by atoms with E-state index in [0.717, 1.165) is 19.3 Å². The number of esters is 1. The first-order valence-corrected chi connectivity index (χ1v) is 7.25. The lowest BCUT2D eigenvalue weighted by atomic mass is 9.82. The van der Waals surface area contributed by atoms with E-state index in [4.69, 9.17) is 9.47 Å². The van der Waals surface area contributed by atoms with Gasteiger partial charge in [0.15, 0.2) is 0 Å².